The van der Waals surface area contributed by atoms with Gasteiger partial charge < -0.3 is 5.32 Å². The summed E-state index contributed by atoms with van der Waals surface area (Å²) >= 11 is 0. The molecule has 0 amide bonds. The van der Waals surface area contributed by atoms with Gasteiger partial charge in [-0.15, -0.1) is 0 Å². The molecule has 0 aromatic heterocycles. The normalized spacial score (nSPS) is 13.1. The zero-order chi connectivity index (χ0) is 12.0. The lowest BCUT2D eigenvalue weighted by Crippen LogP contribution is -2.21. The minimum Gasteiger partial charge on any atom is -0.316 e. The average molecular weight is 223 g/mol. The lowest BCUT2D eigenvalue weighted by molar-refractivity contribution is 0.523. The molecule has 1 rings (SSSR count). The molecule has 1 atom stereocenters. The van der Waals surface area contributed by atoms with Gasteiger partial charge in [0.1, 0.15) is 5.82 Å². The summed E-state index contributed by atoms with van der Waals surface area (Å²) in [4.78, 5) is 0. The molecule has 0 bridgehead atoms. The number of nitrogens with one attached hydrogen (secondary N) is 1. The highest BCUT2D eigenvalue weighted by atomic mass is 19.1. The largest absolute Gasteiger partial charge is 0.316 e. The lowest BCUT2D eigenvalue weighted by Gasteiger charge is -2.13. The SMILES string of the molecule is CC(C)CNCCC(C)c1cccc(F)c1. The molecule has 0 spiro atoms. The van der Waals surface area contributed by atoms with E-state index in [1.54, 1.807) is 12.1 Å². The Morgan fingerprint density at radius 2 is 2.00 bits per heavy atom. The van der Waals surface area contributed by atoms with Gasteiger partial charge in [0.15, 0.2) is 0 Å². The van der Waals surface area contributed by atoms with Gasteiger partial charge in [-0.25, -0.2) is 4.39 Å². The number of benzene rings is 1. The summed E-state index contributed by atoms with van der Waals surface area (Å²) in [5.41, 5.74) is 1.09. The third-order valence-corrected chi connectivity index (χ3v) is 2.72. The summed E-state index contributed by atoms with van der Waals surface area (Å²) in [5.74, 6) is 0.958. The molecule has 1 aromatic carbocycles. The standard InChI is InChI=1S/C14H22FN/c1-11(2)10-16-8-7-12(3)13-5-4-6-14(15)9-13/h4-6,9,11-12,16H,7-8,10H2,1-3H3. The van der Waals surface area contributed by atoms with Crippen LogP contribution in [0.3, 0.4) is 0 Å². The minimum atomic E-state index is -0.139. The Hall–Kier alpha value is -0.890. The Labute approximate surface area is 98.1 Å². The fourth-order valence-electron chi connectivity index (χ4n) is 1.69. The summed E-state index contributed by atoms with van der Waals surface area (Å²) in [5, 5.41) is 3.41. The second-order valence-electron chi connectivity index (χ2n) is 4.84. The number of hydrogen-bond acceptors (Lipinski definition) is 1. The van der Waals surface area contributed by atoms with E-state index in [2.05, 4.69) is 26.1 Å². The molecule has 0 aliphatic carbocycles. The number of halogens is 1. The van der Waals surface area contributed by atoms with Gasteiger partial charge in [0.2, 0.25) is 0 Å². The average Bonchev–Trinajstić information content (AvgIpc) is 2.24. The van der Waals surface area contributed by atoms with Crippen LogP contribution >= 0.6 is 0 Å². The van der Waals surface area contributed by atoms with E-state index in [9.17, 15) is 4.39 Å². The second-order valence-corrected chi connectivity index (χ2v) is 4.84. The van der Waals surface area contributed by atoms with Crippen LogP contribution in [0.1, 0.15) is 38.7 Å². The van der Waals surface area contributed by atoms with Crippen molar-refractivity contribution in [1.82, 2.24) is 5.32 Å². The first kappa shape index (κ1) is 13.2. The summed E-state index contributed by atoms with van der Waals surface area (Å²) in [6.45, 7) is 8.59. The molecule has 90 valence electrons. The van der Waals surface area contributed by atoms with Gasteiger partial charge in [0.25, 0.3) is 0 Å². The van der Waals surface area contributed by atoms with Crippen molar-refractivity contribution in [2.75, 3.05) is 13.1 Å². The quantitative estimate of drug-likeness (QED) is 0.727. The molecule has 16 heavy (non-hydrogen) atoms. The van der Waals surface area contributed by atoms with Crippen molar-refractivity contribution in [3.05, 3.63) is 35.6 Å². The van der Waals surface area contributed by atoms with Gasteiger partial charge in [0, 0.05) is 0 Å². The van der Waals surface area contributed by atoms with Crippen LogP contribution in [-0.4, -0.2) is 13.1 Å². The molecule has 1 nitrogen and oxygen atoms in total. The third-order valence-electron chi connectivity index (χ3n) is 2.72. The van der Waals surface area contributed by atoms with Crippen LogP contribution in [0.25, 0.3) is 0 Å². The molecule has 1 unspecified atom stereocenters. The van der Waals surface area contributed by atoms with Crippen molar-refractivity contribution >= 4 is 0 Å². The Morgan fingerprint density at radius 1 is 1.25 bits per heavy atom. The molecule has 1 aromatic rings. The first-order valence-corrected chi connectivity index (χ1v) is 6.05. The predicted octanol–water partition coefficient (Wildman–Crippen LogP) is 3.56. The fourth-order valence-corrected chi connectivity index (χ4v) is 1.69. The lowest BCUT2D eigenvalue weighted by atomic mass is 9.98. The van der Waals surface area contributed by atoms with Crippen LogP contribution < -0.4 is 5.32 Å². The summed E-state index contributed by atoms with van der Waals surface area (Å²) in [6, 6.07) is 6.90. The van der Waals surface area contributed by atoms with Crippen molar-refractivity contribution in [1.29, 1.82) is 0 Å². The van der Waals surface area contributed by atoms with Crippen molar-refractivity contribution < 1.29 is 4.39 Å². The molecular formula is C14H22FN. The zero-order valence-electron chi connectivity index (χ0n) is 10.5. The van der Waals surface area contributed by atoms with E-state index in [1.165, 1.54) is 6.07 Å². The van der Waals surface area contributed by atoms with Crippen molar-refractivity contribution in [3.8, 4) is 0 Å². The van der Waals surface area contributed by atoms with Gasteiger partial charge in [-0.2, -0.15) is 0 Å². The molecule has 0 fully saturated rings. The fraction of sp³-hybridized carbons (Fsp3) is 0.571. The molecule has 0 saturated heterocycles. The van der Waals surface area contributed by atoms with Crippen LogP contribution in [0.2, 0.25) is 0 Å². The maximum atomic E-state index is 13.0. The van der Waals surface area contributed by atoms with E-state index >= 15 is 0 Å². The predicted molar refractivity (Wildman–Crippen MR) is 67.1 cm³/mol. The van der Waals surface area contributed by atoms with E-state index in [-0.39, 0.29) is 5.82 Å². The van der Waals surface area contributed by atoms with E-state index in [1.807, 2.05) is 6.07 Å². The van der Waals surface area contributed by atoms with Crippen LogP contribution in [0.5, 0.6) is 0 Å². The first-order valence-electron chi connectivity index (χ1n) is 6.05. The van der Waals surface area contributed by atoms with Gasteiger partial charge in [-0.1, -0.05) is 32.9 Å². The maximum Gasteiger partial charge on any atom is 0.123 e. The van der Waals surface area contributed by atoms with Crippen molar-refractivity contribution in [3.63, 3.8) is 0 Å². The third kappa shape index (κ3) is 4.75. The summed E-state index contributed by atoms with van der Waals surface area (Å²) in [6.07, 6.45) is 1.05. The summed E-state index contributed by atoms with van der Waals surface area (Å²) in [7, 11) is 0. The first-order chi connectivity index (χ1) is 7.59. The molecule has 0 saturated carbocycles. The molecule has 0 aliphatic rings. The highest BCUT2D eigenvalue weighted by molar-refractivity contribution is 5.19. The van der Waals surface area contributed by atoms with Gasteiger partial charge in [0.05, 0.1) is 0 Å². The maximum absolute atomic E-state index is 13.0. The molecule has 0 aliphatic heterocycles. The molecule has 0 heterocycles. The monoisotopic (exact) mass is 223 g/mol. The van der Waals surface area contributed by atoms with Crippen LogP contribution in [-0.2, 0) is 0 Å². The van der Waals surface area contributed by atoms with Gasteiger partial charge in [-0.05, 0) is 49.0 Å². The Kier molecular flexibility index (Phi) is 5.47. The van der Waals surface area contributed by atoms with Crippen molar-refractivity contribution in [2.45, 2.75) is 33.1 Å². The van der Waals surface area contributed by atoms with Gasteiger partial charge >= 0.3 is 0 Å². The van der Waals surface area contributed by atoms with E-state index in [0.29, 0.717) is 11.8 Å². The number of hydrogen-bond donors (Lipinski definition) is 1. The zero-order valence-corrected chi connectivity index (χ0v) is 10.5. The van der Waals surface area contributed by atoms with Crippen LogP contribution in [0.4, 0.5) is 4.39 Å². The Bertz CT molecular complexity index is 309. The number of rotatable bonds is 6. The van der Waals surface area contributed by atoms with Crippen LogP contribution in [0, 0.1) is 11.7 Å². The van der Waals surface area contributed by atoms with E-state index in [0.717, 1.165) is 25.1 Å². The van der Waals surface area contributed by atoms with Crippen molar-refractivity contribution in [2.24, 2.45) is 5.92 Å². The molecule has 1 N–H and O–H groups in total. The molecular weight excluding hydrogens is 201 g/mol. The highest BCUT2D eigenvalue weighted by Gasteiger charge is 2.05. The molecule has 2 heteroatoms. The Balaban J connectivity index is 2.32. The van der Waals surface area contributed by atoms with E-state index < -0.39 is 0 Å². The summed E-state index contributed by atoms with van der Waals surface area (Å²) < 4.78 is 13.0. The smallest absolute Gasteiger partial charge is 0.123 e. The minimum absolute atomic E-state index is 0.139. The van der Waals surface area contributed by atoms with Crippen LogP contribution in [0.15, 0.2) is 24.3 Å². The molecule has 0 radical (unpaired) electrons. The second kappa shape index (κ2) is 6.64. The van der Waals surface area contributed by atoms with Gasteiger partial charge in [-0.3, -0.25) is 0 Å². The Morgan fingerprint density at radius 3 is 2.62 bits per heavy atom. The van der Waals surface area contributed by atoms with E-state index in [4.69, 9.17) is 0 Å². The topological polar surface area (TPSA) is 12.0 Å². The highest BCUT2D eigenvalue weighted by Crippen LogP contribution is 2.18.